The Morgan fingerprint density at radius 2 is 0.513 bits per heavy atom. The predicted octanol–water partition coefficient (Wildman–Crippen LogP) is 25.6. The molecule has 11 aliphatic heterocycles. The third-order valence-corrected chi connectivity index (χ3v) is 23.7. The molecule has 3 unspecified atom stereocenters. The van der Waals surface area contributed by atoms with E-state index >= 15 is 0 Å². The number of morpholine rings is 1. The average Bonchev–Trinajstić information content (AvgIpc) is 1.70. The van der Waals surface area contributed by atoms with Crippen LogP contribution in [0.2, 0.25) is 0 Å². The highest BCUT2D eigenvalue weighted by Gasteiger charge is 2.36. The van der Waals surface area contributed by atoms with Gasteiger partial charge in [0.25, 0.3) is 0 Å². The van der Waals surface area contributed by atoms with Crippen LogP contribution >= 0.6 is 11.8 Å². The summed E-state index contributed by atoms with van der Waals surface area (Å²) in [6.07, 6.45) is 30.2. The number of hydrogen-bond acceptors (Lipinski definition) is 14. The Labute approximate surface area is 736 Å². The van der Waals surface area contributed by atoms with Gasteiger partial charge < -0.3 is 34.6 Å². The van der Waals surface area contributed by atoms with Crippen molar-refractivity contribution in [2.45, 2.75) is 484 Å². The SMILES string of the molecule is CC.CC.CC.CC.CC.CC.CC.CC.CC.CC.CC(C)N1CC2CCCC1C2.CC(C)N1CCC1.CC(C)N1CCCC1.CC(C)N1CCCCC1.CC(C)N1CCCCCC1.CC(C)N1CCCCCCC1.CC(C)N1CCN2CCCC2C1.CC(C)N1CCNCC1.CC(C)N1CCOCC1.CC(C)N1CCSCC1. The fraction of sp³-hybridized carbons (Fsp3) is 1.00. The van der Waals surface area contributed by atoms with E-state index in [0.717, 1.165) is 112 Å². The number of nitrogens with one attached hydrogen (secondary N) is 1. The van der Waals surface area contributed by atoms with Gasteiger partial charge >= 0.3 is 0 Å². The zero-order valence-corrected chi connectivity index (χ0v) is 88.5. The number of fused-ring (bicyclic) bond motifs is 3. The Bertz CT molecular complexity index is 1620. The lowest BCUT2D eigenvalue weighted by Crippen LogP contribution is -2.52. The first-order chi connectivity index (χ1) is 55.5. The number of ether oxygens (including phenoxy) is 1. The van der Waals surface area contributed by atoms with E-state index in [9.17, 15) is 0 Å². The van der Waals surface area contributed by atoms with E-state index in [0.29, 0.717) is 6.04 Å². The molecule has 1 saturated carbocycles. The third kappa shape index (κ3) is 71.8. The summed E-state index contributed by atoms with van der Waals surface area (Å²) in [6.45, 7) is 117. The summed E-state index contributed by atoms with van der Waals surface area (Å²) in [7, 11) is 0. The molecular weight excluding hydrogens is 1430 g/mol. The largest absolute Gasteiger partial charge is 0.379 e. The van der Waals surface area contributed by atoms with Crippen molar-refractivity contribution < 1.29 is 4.74 Å². The summed E-state index contributed by atoms with van der Waals surface area (Å²) >= 11 is 2.07. The van der Waals surface area contributed by atoms with Gasteiger partial charge in [0, 0.05) is 163 Å². The lowest BCUT2D eigenvalue weighted by Gasteiger charge is -2.39. The van der Waals surface area contributed by atoms with Gasteiger partial charge in [-0.05, 0) is 306 Å². The Balaban J connectivity index is -0.000000180. The van der Waals surface area contributed by atoms with Crippen LogP contribution in [-0.2, 0) is 4.74 Å². The molecule has 706 valence electrons. The smallest absolute Gasteiger partial charge is 0.0594 e. The fourth-order valence-electron chi connectivity index (χ4n) is 15.6. The first-order valence-electron chi connectivity index (χ1n) is 51.5. The Morgan fingerprint density at radius 3 is 0.791 bits per heavy atom. The number of rotatable bonds is 10. The maximum atomic E-state index is 5.21. The van der Waals surface area contributed by atoms with Crippen molar-refractivity contribution in [3.05, 3.63) is 0 Å². The van der Waals surface area contributed by atoms with E-state index in [4.69, 9.17) is 4.74 Å². The van der Waals surface area contributed by atoms with E-state index < -0.39 is 0 Å². The number of piperazine rings is 2. The Kier molecular flexibility index (Phi) is 109. The summed E-state index contributed by atoms with van der Waals surface area (Å²) in [5.41, 5.74) is 0. The molecule has 115 heavy (non-hydrogen) atoms. The maximum Gasteiger partial charge on any atom is 0.0594 e. The van der Waals surface area contributed by atoms with Crippen LogP contribution in [0.5, 0.6) is 0 Å². The summed E-state index contributed by atoms with van der Waals surface area (Å²) in [5, 5.41) is 3.33. The van der Waals surface area contributed by atoms with Crippen LogP contribution in [0.4, 0.5) is 0 Å². The summed E-state index contributed by atoms with van der Waals surface area (Å²) < 4.78 is 5.21. The molecule has 0 aromatic rings. The topological polar surface area (TPSA) is 56.9 Å². The van der Waals surface area contributed by atoms with Gasteiger partial charge in [-0.1, -0.05) is 183 Å². The molecule has 14 heteroatoms. The standard InChI is InChI=1S/C10H20N2.C10H19N.C10H21N.C9H19N.C8H17N.C7H16N2.C7H15NO.C7H15NS.C7H15N.C6H13N.10C2H6/c1-9(2)12-7-6-11-5-3-4-10(11)8-12;1-8(2)11-7-9-4-3-5-10(11)6-9;1-10(2)11-8-6-4-3-5-7-9-11;1-9(2)10-7-5-3-4-6-8-10;1-8(2)9-6-4-3-5-7-9;1-7(2)9-5-3-8-4-6-9;2*1-7(2)8-3-5-9-6-4-8;1-7(2)8-5-3-4-6-8;1-6(2)7-4-3-5-7;10*1-2/h9-10H,3-8H2,1-2H3;8-10H,3-7H2,1-2H3;10H,3-9H2,1-2H3;9H,3-8H2,1-2H3;8H,3-7H2,1-2H3;7-8H,3-6H2,1-2H3;2*7H,3-6H2,1-2H3;7H,3-6H2,1-2H3;6H,3-5H2,1-2H3;10*1-2H3. The van der Waals surface area contributed by atoms with Gasteiger partial charge in [0.05, 0.1) is 13.2 Å². The van der Waals surface area contributed by atoms with E-state index in [-0.39, 0.29) is 0 Å². The van der Waals surface area contributed by atoms with Crippen LogP contribution in [0.3, 0.4) is 0 Å². The fourth-order valence-corrected chi connectivity index (χ4v) is 16.6. The minimum atomic E-state index is 0.689. The first-order valence-corrected chi connectivity index (χ1v) is 52.7. The highest BCUT2D eigenvalue weighted by molar-refractivity contribution is 7.99. The average molecular weight is 1660 g/mol. The van der Waals surface area contributed by atoms with Crippen molar-refractivity contribution in [3.63, 3.8) is 0 Å². The quantitative estimate of drug-likeness (QED) is 0.226. The van der Waals surface area contributed by atoms with Crippen LogP contribution in [0.25, 0.3) is 0 Å². The van der Waals surface area contributed by atoms with Crippen molar-refractivity contribution in [1.29, 1.82) is 0 Å². The minimum absolute atomic E-state index is 0.689. The van der Waals surface area contributed by atoms with Crippen molar-refractivity contribution in [2.24, 2.45) is 5.92 Å². The van der Waals surface area contributed by atoms with Crippen LogP contribution in [-0.4, -0.2) is 302 Å². The van der Waals surface area contributed by atoms with E-state index in [2.05, 4.69) is 209 Å². The zero-order chi connectivity index (χ0) is 89.9. The molecule has 12 fully saturated rings. The van der Waals surface area contributed by atoms with Crippen molar-refractivity contribution in [1.82, 2.24) is 59.2 Å². The van der Waals surface area contributed by atoms with Crippen molar-refractivity contribution in [2.75, 3.05) is 175 Å². The molecule has 0 aromatic carbocycles. The normalized spacial score (nSPS) is 22.0. The number of piperidine rings is 1. The molecule has 12 rings (SSSR count). The monoisotopic (exact) mass is 1660 g/mol. The van der Waals surface area contributed by atoms with Gasteiger partial charge in [-0.15, -0.1) is 0 Å². The van der Waals surface area contributed by atoms with Crippen LogP contribution < -0.4 is 5.32 Å². The van der Waals surface area contributed by atoms with E-state index in [1.165, 1.54) is 271 Å². The Morgan fingerprint density at radius 1 is 0.235 bits per heavy atom. The van der Waals surface area contributed by atoms with Crippen molar-refractivity contribution >= 4 is 11.8 Å². The summed E-state index contributed by atoms with van der Waals surface area (Å²) in [4.78, 5) is 28.2. The molecule has 11 heterocycles. The van der Waals surface area contributed by atoms with Gasteiger partial charge in [-0.3, -0.25) is 29.4 Å². The second-order valence-corrected chi connectivity index (χ2v) is 34.4. The van der Waals surface area contributed by atoms with Crippen LogP contribution in [0.1, 0.15) is 412 Å². The van der Waals surface area contributed by atoms with Crippen LogP contribution in [0.15, 0.2) is 0 Å². The molecule has 0 amide bonds. The molecule has 0 spiro atoms. The highest BCUT2D eigenvalue weighted by Crippen LogP contribution is 2.36. The molecule has 3 atom stereocenters. The second-order valence-electron chi connectivity index (χ2n) is 33.2. The second kappa shape index (κ2) is 96.0. The van der Waals surface area contributed by atoms with Gasteiger partial charge in [0.15, 0.2) is 0 Å². The maximum absolute atomic E-state index is 5.21. The predicted molar refractivity (Wildman–Crippen MR) is 536 cm³/mol. The zero-order valence-electron chi connectivity index (χ0n) is 87.7. The lowest BCUT2D eigenvalue weighted by molar-refractivity contribution is 0.0238. The third-order valence-electron chi connectivity index (χ3n) is 22.7. The van der Waals surface area contributed by atoms with Gasteiger partial charge in [-0.2, -0.15) is 11.8 Å². The molecule has 0 radical (unpaired) electrons. The van der Waals surface area contributed by atoms with E-state index in [1.807, 2.05) is 138 Å². The summed E-state index contributed by atoms with van der Waals surface area (Å²) in [5.74, 6) is 3.72. The molecule has 1 aliphatic carbocycles. The Hall–Kier alpha value is -0.170. The lowest BCUT2D eigenvalue weighted by atomic mass is 9.90. The summed E-state index contributed by atoms with van der Waals surface area (Å²) in [6, 6.07) is 9.39. The van der Waals surface area contributed by atoms with Gasteiger partial charge in [-0.25, -0.2) is 0 Å². The van der Waals surface area contributed by atoms with E-state index in [1.54, 1.807) is 0 Å². The molecule has 13 nitrogen and oxygen atoms in total. The molecule has 0 aromatic heterocycles. The number of thioether (sulfide) groups is 1. The van der Waals surface area contributed by atoms with Gasteiger partial charge in [0.1, 0.15) is 0 Å². The first kappa shape index (κ1) is 130. The minimum Gasteiger partial charge on any atom is -0.379 e. The van der Waals surface area contributed by atoms with Crippen molar-refractivity contribution in [3.8, 4) is 0 Å². The molecule has 12 aliphatic rings. The number of hydrogen-bond donors (Lipinski definition) is 1. The van der Waals surface area contributed by atoms with Gasteiger partial charge in [0.2, 0.25) is 0 Å². The molecule has 2 bridgehead atoms. The van der Waals surface area contributed by atoms with Crippen LogP contribution in [0, 0.1) is 5.92 Å². The molecule has 1 N–H and O–H groups in total. The molecular formula is C101H230N12OS. The number of likely N-dealkylation sites (tertiary alicyclic amines) is 6. The number of nitrogens with zero attached hydrogens (tertiary/aromatic N) is 11. The highest BCUT2D eigenvalue weighted by atomic mass is 32.2. The molecule has 11 saturated heterocycles.